The Balaban J connectivity index is 1.78. The number of nitrogens with one attached hydrogen (secondary N) is 1. The fourth-order valence-electron chi connectivity index (χ4n) is 2.81. The van der Waals surface area contributed by atoms with Crippen LogP contribution in [0.25, 0.3) is 0 Å². The molecule has 1 saturated carbocycles. The van der Waals surface area contributed by atoms with Gasteiger partial charge in [0.1, 0.15) is 5.75 Å². The van der Waals surface area contributed by atoms with E-state index in [0.717, 1.165) is 37.3 Å². The lowest BCUT2D eigenvalue weighted by Crippen LogP contribution is -2.20. The van der Waals surface area contributed by atoms with Gasteiger partial charge in [0, 0.05) is 17.7 Å². The summed E-state index contributed by atoms with van der Waals surface area (Å²) in [7, 11) is 0. The van der Waals surface area contributed by atoms with Crippen LogP contribution in [0.3, 0.4) is 0 Å². The molecule has 0 heterocycles. The topological polar surface area (TPSA) is 38.3 Å². The first-order valence-corrected chi connectivity index (χ1v) is 8.33. The van der Waals surface area contributed by atoms with Crippen LogP contribution in [0.2, 0.25) is 0 Å². The van der Waals surface area contributed by atoms with E-state index in [1.165, 1.54) is 32.1 Å². The van der Waals surface area contributed by atoms with Crippen LogP contribution >= 0.6 is 0 Å². The molecule has 2 rings (SSSR count). The zero-order valence-corrected chi connectivity index (χ0v) is 13.1. The molecule has 3 nitrogen and oxygen atoms in total. The molecule has 21 heavy (non-hydrogen) atoms. The number of carbonyl (C=O) groups is 1. The molecule has 0 spiro atoms. The molecule has 0 aromatic heterocycles. The molecule has 0 radical (unpaired) electrons. The maximum atomic E-state index is 12.1. The van der Waals surface area contributed by atoms with Crippen molar-refractivity contribution in [1.29, 1.82) is 0 Å². The first-order valence-electron chi connectivity index (χ1n) is 8.33. The van der Waals surface area contributed by atoms with Gasteiger partial charge in [-0.05, 0) is 31.4 Å². The van der Waals surface area contributed by atoms with Crippen LogP contribution in [-0.2, 0) is 4.79 Å². The minimum atomic E-state index is 0.160. The van der Waals surface area contributed by atoms with E-state index in [9.17, 15) is 4.79 Å². The van der Waals surface area contributed by atoms with Crippen molar-refractivity contribution in [3.05, 3.63) is 24.3 Å². The van der Waals surface area contributed by atoms with Gasteiger partial charge in [-0.3, -0.25) is 4.79 Å². The van der Waals surface area contributed by atoms with Crippen LogP contribution in [0.5, 0.6) is 5.75 Å². The maximum absolute atomic E-state index is 12.1. The number of amides is 1. The van der Waals surface area contributed by atoms with Crippen LogP contribution in [0.4, 0.5) is 5.69 Å². The SMILES string of the molecule is CCCCCCOc1cccc(NC(=O)C2CCCC2)c1. The van der Waals surface area contributed by atoms with E-state index in [2.05, 4.69) is 12.2 Å². The minimum absolute atomic E-state index is 0.160. The second-order valence-electron chi connectivity index (χ2n) is 5.91. The average Bonchev–Trinajstić information content (AvgIpc) is 3.02. The average molecular weight is 289 g/mol. The van der Waals surface area contributed by atoms with E-state index in [0.29, 0.717) is 0 Å². The number of rotatable bonds is 8. The summed E-state index contributed by atoms with van der Waals surface area (Å²) >= 11 is 0. The summed E-state index contributed by atoms with van der Waals surface area (Å²) < 4.78 is 5.75. The Morgan fingerprint density at radius 3 is 2.81 bits per heavy atom. The molecule has 1 N–H and O–H groups in total. The number of ether oxygens (including phenoxy) is 1. The molecular weight excluding hydrogens is 262 g/mol. The van der Waals surface area contributed by atoms with Crippen molar-refractivity contribution in [2.75, 3.05) is 11.9 Å². The van der Waals surface area contributed by atoms with Gasteiger partial charge < -0.3 is 10.1 Å². The number of carbonyl (C=O) groups excluding carboxylic acids is 1. The molecule has 1 amide bonds. The van der Waals surface area contributed by atoms with E-state index in [-0.39, 0.29) is 11.8 Å². The van der Waals surface area contributed by atoms with E-state index in [4.69, 9.17) is 4.74 Å². The molecule has 0 bridgehead atoms. The highest BCUT2D eigenvalue weighted by Crippen LogP contribution is 2.26. The van der Waals surface area contributed by atoms with Gasteiger partial charge in [-0.25, -0.2) is 0 Å². The predicted molar refractivity (Wildman–Crippen MR) is 86.7 cm³/mol. The molecule has 3 heteroatoms. The van der Waals surface area contributed by atoms with Crippen molar-refractivity contribution >= 4 is 11.6 Å². The summed E-state index contributed by atoms with van der Waals surface area (Å²) in [6.07, 6.45) is 9.22. The van der Waals surface area contributed by atoms with Crippen molar-refractivity contribution < 1.29 is 9.53 Å². The molecule has 0 aliphatic heterocycles. The molecule has 0 saturated heterocycles. The second-order valence-corrected chi connectivity index (χ2v) is 5.91. The molecule has 1 fully saturated rings. The third-order valence-electron chi connectivity index (χ3n) is 4.09. The second kappa shape index (κ2) is 8.71. The molecule has 1 aromatic carbocycles. The summed E-state index contributed by atoms with van der Waals surface area (Å²) in [5.74, 6) is 1.20. The number of hydrogen-bond donors (Lipinski definition) is 1. The quantitative estimate of drug-likeness (QED) is 0.700. The van der Waals surface area contributed by atoms with Gasteiger partial charge in [-0.1, -0.05) is 45.1 Å². The monoisotopic (exact) mass is 289 g/mol. The predicted octanol–water partition coefficient (Wildman–Crippen LogP) is 4.77. The maximum Gasteiger partial charge on any atom is 0.227 e. The third-order valence-corrected chi connectivity index (χ3v) is 4.09. The summed E-state index contributed by atoms with van der Waals surface area (Å²) in [5, 5.41) is 3.02. The van der Waals surface area contributed by atoms with Gasteiger partial charge in [-0.15, -0.1) is 0 Å². The molecule has 0 atom stereocenters. The van der Waals surface area contributed by atoms with E-state index in [1.54, 1.807) is 0 Å². The first kappa shape index (κ1) is 15.9. The number of hydrogen-bond acceptors (Lipinski definition) is 2. The highest BCUT2D eigenvalue weighted by molar-refractivity contribution is 5.92. The van der Waals surface area contributed by atoms with Gasteiger partial charge in [0.15, 0.2) is 0 Å². The Morgan fingerprint density at radius 2 is 2.05 bits per heavy atom. The standard InChI is InChI=1S/C18H27NO2/c1-2-3-4-7-13-21-17-12-8-11-16(14-17)19-18(20)15-9-5-6-10-15/h8,11-12,14-15H,2-7,9-10,13H2,1H3,(H,19,20). The van der Waals surface area contributed by atoms with E-state index >= 15 is 0 Å². The minimum Gasteiger partial charge on any atom is -0.494 e. The summed E-state index contributed by atoms with van der Waals surface area (Å²) in [5.41, 5.74) is 0.845. The van der Waals surface area contributed by atoms with Crippen molar-refractivity contribution in [2.45, 2.75) is 58.3 Å². The largest absolute Gasteiger partial charge is 0.494 e. The van der Waals surface area contributed by atoms with Gasteiger partial charge in [0.05, 0.1) is 6.61 Å². The van der Waals surface area contributed by atoms with Crippen LogP contribution in [-0.4, -0.2) is 12.5 Å². The fourth-order valence-corrected chi connectivity index (χ4v) is 2.81. The molecule has 1 aromatic rings. The number of benzene rings is 1. The highest BCUT2D eigenvalue weighted by Gasteiger charge is 2.22. The molecular formula is C18H27NO2. The lowest BCUT2D eigenvalue weighted by Gasteiger charge is -2.12. The van der Waals surface area contributed by atoms with Crippen LogP contribution in [0, 0.1) is 5.92 Å². The lowest BCUT2D eigenvalue weighted by molar-refractivity contribution is -0.119. The Hall–Kier alpha value is -1.51. The third kappa shape index (κ3) is 5.41. The Kier molecular flexibility index (Phi) is 6.58. The van der Waals surface area contributed by atoms with Crippen molar-refractivity contribution in [3.8, 4) is 5.75 Å². The molecule has 0 unspecified atom stereocenters. The lowest BCUT2D eigenvalue weighted by atomic mass is 10.1. The van der Waals surface area contributed by atoms with Crippen LogP contribution < -0.4 is 10.1 Å². The van der Waals surface area contributed by atoms with Gasteiger partial charge >= 0.3 is 0 Å². The van der Waals surface area contributed by atoms with Gasteiger partial charge in [0.25, 0.3) is 0 Å². The first-order chi connectivity index (χ1) is 10.3. The number of anilines is 1. The summed E-state index contributed by atoms with van der Waals surface area (Å²) in [4.78, 5) is 12.1. The van der Waals surface area contributed by atoms with Crippen LogP contribution in [0.1, 0.15) is 58.3 Å². The van der Waals surface area contributed by atoms with Crippen LogP contribution in [0.15, 0.2) is 24.3 Å². The molecule has 116 valence electrons. The Bertz CT molecular complexity index is 439. The zero-order chi connectivity index (χ0) is 14.9. The Labute approximate surface area is 128 Å². The smallest absolute Gasteiger partial charge is 0.227 e. The normalized spacial score (nSPS) is 15.1. The van der Waals surface area contributed by atoms with Crippen molar-refractivity contribution in [3.63, 3.8) is 0 Å². The van der Waals surface area contributed by atoms with Crippen molar-refractivity contribution in [2.24, 2.45) is 5.92 Å². The number of unbranched alkanes of at least 4 members (excludes halogenated alkanes) is 3. The fraction of sp³-hybridized carbons (Fsp3) is 0.611. The van der Waals surface area contributed by atoms with E-state index < -0.39 is 0 Å². The summed E-state index contributed by atoms with van der Waals surface area (Å²) in [6.45, 7) is 2.96. The van der Waals surface area contributed by atoms with E-state index in [1.807, 2.05) is 24.3 Å². The molecule has 1 aliphatic rings. The highest BCUT2D eigenvalue weighted by atomic mass is 16.5. The van der Waals surface area contributed by atoms with Crippen molar-refractivity contribution in [1.82, 2.24) is 0 Å². The zero-order valence-electron chi connectivity index (χ0n) is 13.1. The van der Waals surface area contributed by atoms with Gasteiger partial charge in [-0.2, -0.15) is 0 Å². The Morgan fingerprint density at radius 1 is 1.24 bits per heavy atom. The summed E-state index contributed by atoms with van der Waals surface area (Å²) in [6, 6.07) is 7.74. The molecule has 1 aliphatic carbocycles. The van der Waals surface area contributed by atoms with Gasteiger partial charge in [0.2, 0.25) is 5.91 Å².